The van der Waals surface area contributed by atoms with Crippen molar-refractivity contribution in [3.05, 3.63) is 0 Å². The number of thiol groups is 1. The fraction of sp³-hybridized carbons (Fsp3) is 0. The lowest BCUT2D eigenvalue weighted by molar-refractivity contribution is 4.52. The van der Waals surface area contributed by atoms with Crippen LogP contribution in [0.1, 0.15) is 0 Å². The van der Waals surface area contributed by atoms with Crippen LogP contribution in [0.2, 0.25) is 0 Å². The fourth-order valence-corrected chi connectivity index (χ4v) is 0. The van der Waals surface area contributed by atoms with Crippen LogP contribution in [0.4, 0.5) is 0 Å². The highest BCUT2D eigenvalue weighted by Crippen LogP contribution is 1.50. The molecule has 0 aliphatic heterocycles. The topological polar surface area (TPSA) is 0 Å². The van der Waals surface area contributed by atoms with Gasteiger partial charge in [0.15, 0.2) is 0 Å². The van der Waals surface area contributed by atoms with Crippen LogP contribution in [-0.2, 0) is 0 Å². The average molecular weight is 112 g/mol. The molecule has 0 atom stereocenters. The Kier molecular flexibility index (Phi) is 20.3. The van der Waals surface area contributed by atoms with Crippen molar-refractivity contribution in [2.75, 3.05) is 0 Å². The maximum atomic E-state index is 4.13. The first-order chi connectivity index (χ1) is 1.41. The van der Waals surface area contributed by atoms with E-state index in [9.17, 15) is 0 Å². The van der Waals surface area contributed by atoms with Crippen LogP contribution < -0.4 is 0 Å². The quantitative estimate of drug-likeness (QED) is 0.360. The predicted octanol–water partition coefficient (Wildman–Crippen LogP) is 0.986. The first-order valence-corrected chi connectivity index (χ1v) is 1.48. The van der Waals surface area contributed by atoms with E-state index in [1.807, 2.05) is 0 Å². The van der Waals surface area contributed by atoms with Crippen LogP contribution in [0.25, 0.3) is 0 Å². The Balaban J connectivity index is 0. The molecule has 0 rings (SSSR count). The lowest BCUT2D eigenvalue weighted by Crippen LogP contribution is -1.12. The van der Waals surface area contributed by atoms with Crippen molar-refractivity contribution >= 4 is 43.0 Å². The van der Waals surface area contributed by atoms with Crippen molar-refractivity contribution in [1.82, 2.24) is 0 Å². The van der Waals surface area contributed by atoms with E-state index in [4.69, 9.17) is 0 Å². The van der Waals surface area contributed by atoms with Gasteiger partial charge in [-0.1, -0.05) is 12.2 Å². The summed E-state index contributed by atoms with van der Waals surface area (Å²) in [5.41, 5.74) is 0. The summed E-state index contributed by atoms with van der Waals surface area (Å²) in [6.07, 6.45) is 0. The van der Waals surface area contributed by atoms with Gasteiger partial charge in [-0.2, -0.15) is 13.5 Å². The van der Waals surface area contributed by atoms with E-state index in [2.05, 4.69) is 24.8 Å². The second-order valence-corrected chi connectivity index (χ2v) is 0.949. The van der Waals surface area contributed by atoms with Crippen molar-refractivity contribution in [2.24, 2.45) is 0 Å². The Hall–Kier alpha value is 0.790. The number of hydrogen-bond acceptors (Lipinski definition) is 1. The molecule has 0 saturated carbocycles. The van der Waals surface area contributed by atoms with E-state index in [0.717, 1.165) is 0 Å². The van der Waals surface area contributed by atoms with Gasteiger partial charge in [0.25, 0.3) is 0 Å². The maximum absolute atomic E-state index is 4.13. The molecule has 0 amide bonds. The molecule has 0 fully saturated rings. The van der Waals surface area contributed by atoms with Gasteiger partial charge in [-0.25, -0.2) is 0 Å². The summed E-state index contributed by atoms with van der Waals surface area (Å²) in [4.78, 5) is 0. The molecule has 0 aromatic rings. The van der Waals surface area contributed by atoms with Crippen molar-refractivity contribution in [3.8, 4) is 0 Å². The summed E-state index contributed by atoms with van der Waals surface area (Å²) in [5.74, 6) is 0. The van der Waals surface area contributed by atoms with E-state index in [-0.39, 0.29) is 13.5 Å². The van der Waals surface area contributed by atoms with Gasteiger partial charge in [0.2, 0.25) is 0 Å². The van der Waals surface area contributed by atoms with Crippen LogP contribution in [-0.4, -0.2) is 4.70 Å². The Morgan fingerprint density at radius 2 is 1.75 bits per heavy atom. The minimum absolute atomic E-state index is 0. The second kappa shape index (κ2) is 9.21. The molecule has 4 heavy (non-hydrogen) atoms. The van der Waals surface area contributed by atoms with Gasteiger partial charge in [-0.15, -0.1) is 12.6 Å². The summed E-state index contributed by atoms with van der Waals surface area (Å²) >= 11 is 7.61. The van der Waals surface area contributed by atoms with Gasteiger partial charge in [-0.3, -0.25) is 0 Å². The molecule has 0 heterocycles. The summed E-state index contributed by atoms with van der Waals surface area (Å²) in [6.45, 7) is 0. The largest absolute Gasteiger partial charge is 0.197 e. The molecular weight excluding hydrogens is 108 g/mol. The van der Waals surface area contributed by atoms with Gasteiger partial charge < -0.3 is 0 Å². The van der Waals surface area contributed by atoms with Crippen molar-refractivity contribution in [1.29, 1.82) is 0 Å². The molecule has 0 N–H and O–H groups in total. The molecule has 0 bridgehead atoms. The van der Waals surface area contributed by atoms with Gasteiger partial charge in [-0.05, 0) is 0 Å². The van der Waals surface area contributed by atoms with Gasteiger partial charge in [0.1, 0.15) is 0 Å². The normalized spacial score (nSPS) is 3.25. The average Bonchev–Trinajstić information content (AvgIpc) is 0.918. The molecule has 0 aliphatic carbocycles. The van der Waals surface area contributed by atoms with Gasteiger partial charge in [0.05, 0.1) is 0 Å². The third kappa shape index (κ3) is 14.3. The lowest BCUT2D eigenvalue weighted by atomic mass is 11.9. The highest BCUT2D eigenvalue weighted by atomic mass is 32.1. The Labute approximate surface area is 43.4 Å². The van der Waals surface area contributed by atoms with Crippen LogP contribution >= 0.6 is 38.3 Å². The zero-order valence-corrected chi connectivity index (χ0v) is 4.64. The van der Waals surface area contributed by atoms with Crippen molar-refractivity contribution in [3.63, 3.8) is 0 Å². The van der Waals surface area contributed by atoms with Crippen molar-refractivity contribution in [2.45, 2.75) is 0 Å². The van der Waals surface area contributed by atoms with Gasteiger partial charge >= 0.3 is 0 Å². The van der Waals surface area contributed by atoms with Crippen LogP contribution in [0, 0.1) is 0 Å². The third-order valence-electron chi connectivity index (χ3n) is 0. The summed E-state index contributed by atoms with van der Waals surface area (Å²) in [6, 6.07) is 0. The fourth-order valence-electron chi connectivity index (χ4n) is 0. The summed E-state index contributed by atoms with van der Waals surface area (Å²) in [5, 5.41) is 0. The molecule has 0 unspecified atom stereocenters. The molecule has 0 spiro atoms. The Bertz CT molecular complexity index is 10.8. The molecule has 0 nitrogen and oxygen atoms in total. The minimum Gasteiger partial charge on any atom is -0.197 e. The monoisotopic (exact) mass is 112 g/mol. The zero-order chi connectivity index (χ0) is 2.71. The SMILES string of the molecule is S.S=CS. The number of thiocarbonyl (C=S) groups is 1. The lowest BCUT2D eigenvalue weighted by Gasteiger charge is -1.27. The standard InChI is InChI=1S/CH2S2.H2S/c2-1-3;/h1H,(H,2,3);1H2. The predicted molar refractivity (Wildman–Crippen MR) is 33.0 cm³/mol. The Morgan fingerprint density at radius 1 is 1.75 bits per heavy atom. The van der Waals surface area contributed by atoms with E-state index in [1.165, 1.54) is 4.70 Å². The smallest absolute Gasteiger partial charge is 0.0310 e. The van der Waals surface area contributed by atoms with E-state index in [1.54, 1.807) is 0 Å². The molecule has 0 aliphatic rings. The summed E-state index contributed by atoms with van der Waals surface area (Å²) < 4.78 is 1.28. The number of hydrogen-bond donors (Lipinski definition) is 1. The minimum atomic E-state index is 0. The highest BCUT2D eigenvalue weighted by molar-refractivity contribution is 8.08. The molecule has 0 aromatic carbocycles. The van der Waals surface area contributed by atoms with E-state index >= 15 is 0 Å². The van der Waals surface area contributed by atoms with Crippen LogP contribution in [0.5, 0.6) is 0 Å². The van der Waals surface area contributed by atoms with Crippen LogP contribution in [0.15, 0.2) is 0 Å². The van der Waals surface area contributed by atoms with Gasteiger partial charge in [0, 0.05) is 4.70 Å². The summed E-state index contributed by atoms with van der Waals surface area (Å²) in [7, 11) is 0. The second-order valence-electron chi connectivity index (χ2n) is 0.105. The Morgan fingerprint density at radius 3 is 1.75 bits per heavy atom. The number of rotatable bonds is 0. The molecule has 0 aromatic heterocycles. The van der Waals surface area contributed by atoms with E-state index in [0.29, 0.717) is 0 Å². The first kappa shape index (κ1) is 8.84. The molecule has 0 saturated heterocycles. The van der Waals surface area contributed by atoms with E-state index < -0.39 is 0 Å². The zero-order valence-electron chi connectivity index (χ0n) is 1.93. The molecule has 0 radical (unpaired) electrons. The highest BCUT2D eigenvalue weighted by Gasteiger charge is 1.18. The van der Waals surface area contributed by atoms with Crippen LogP contribution in [0.3, 0.4) is 0 Å². The maximum Gasteiger partial charge on any atom is 0.0310 e. The van der Waals surface area contributed by atoms with Crippen molar-refractivity contribution < 1.29 is 0 Å². The molecule has 3 heteroatoms. The molecule has 26 valence electrons. The third-order valence-corrected chi connectivity index (χ3v) is 0. The first-order valence-electron chi connectivity index (χ1n) is 0.494. The molecular formula is CH4S3.